The average Bonchev–Trinajstić information content (AvgIpc) is 3.25. The van der Waals surface area contributed by atoms with Crippen molar-refractivity contribution in [3.63, 3.8) is 0 Å². The molecule has 4 aliphatic heterocycles. The van der Waals surface area contributed by atoms with Crippen LogP contribution in [0.2, 0.25) is 0 Å². The Morgan fingerprint density at radius 1 is 0.613 bits per heavy atom. The molecular formula is C47H48F6N4O4S. The lowest BCUT2D eigenvalue weighted by atomic mass is 9.69. The van der Waals surface area contributed by atoms with Gasteiger partial charge in [-0.1, -0.05) is 84.9 Å². The Kier molecular flexibility index (Phi) is 12.9. The van der Waals surface area contributed by atoms with Crippen molar-refractivity contribution in [2.75, 3.05) is 45.5 Å². The number of likely N-dealkylation sites (tertiary alicyclic amines) is 2. The van der Waals surface area contributed by atoms with E-state index in [2.05, 4.69) is 23.5 Å². The van der Waals surface area contributed by atoms with Crippen LogP contribution in [0.3, 0.4) is 0 Å². The quantitative estimate of drug-likeness (QED) is 0.161. The van der Waals surface area contributed by atoms with Gasteiger partial charge in [0, 0.05) is 75.3 Å². The van der Waals surface area contributed by atoms with Crippen LogP contribution in [0.15, 0.2) is 109 Å². The van der Waals surface area contributed by atoms with Gasteiger partial charge in [0.25, 0.3) is 0 Å². The number of halogens is 6. The third-order valence-corrected chi connectivity index (χ3v) is 13.9. The highest BCUT2D eigenvalue weighted by Gasteiger charge is 2.45. The zero-order valence-electron chi connectivity index (χ0n) is 34.2. The van der Waals surface area contributed by atoms with Gasteiger partial charge in [-0.2, -0.15) is 30.6 Å². The van der Waals surface area contributed by atoms with E-state index in [0.29, 0.717) is 52.1 Å². The lowest BCUT2D eigenvalue weighted by Crippen LogP contribution is -2.53. The van der Waals surface area contributed by atoms with Gasteiger partial charge in [-0.05, 0) is 83.3 Å². The predicted molar refractivity (Wildman–Crippen MR) is 226 cm³/mol. The molecule has 0 aromatic heterocycles. The number of carbonyl (C=O) groups is 2. The number of hydrogen-bond donors (Lipinski definition) is 1. The van der Waals surface area contributed by atoms with E-state index in [9.17, 15) is 44.3 Å². The van der Waals surface area contributed by atoms with Gasteiger partial charge in [-0.25, -0.2) is 8.42 Å². The first kappa shape index (κ1) is 44.8. The molecule has 2 spiro atoms. The molecule has 4 aromatic carbocycles. The number of alkyl halides is 6. The molecule has 4 aromatic rings. The predicted octanol–water partition coefficient (Wildman–Crippen LogP) is 8.44. The first-order chi connectivity index (χ1) is 29.4. The lowest BCUT2D eigenvalue weighted by Gasteiger charge is -2.48. The maximum absolute atomic E-state index is 13.2. The van der Waals surface area contributed by atoms with Crippen molar-refractivity contribution in [1.82, 2.24) is 19.4 Å². The molecule has 328 valence electrons. The molecule has 0 aliphatic carbocycles. The summed E-state index contributed by atoms with van der Waals surface area (Å²) in [6, 6.07) is 26.6. The molecular weight excluding hydrogens is 831 g/mol. The minimum atomic E-state index is -4.50. The monoisotopic (exact) mass is 878 g/mol. The number of fused-ring (bicyclic) bond motifs is 4. The Balaban J connectivity index is 0.000000188. The normalized spacial score (nSPS) is 19.0. The van der Waals surface area contributed by atoms with Crippen LogP contribution in [0, 0.1) is 0 Å². The SMILES string of the molecule is CS(=O)(=O)N1Cc2ccccc2C2(CCN(C(=O)/C=C/c3ccccc3C(F)(F)F)CC2)C1.O=C(/C=C/c1ccccc1C(F)(F)F)N1CCC2(CC1)CNCc1ccccc12. The molecule has 2 amide bonds. The number of benzene rings is 4. The van der Waals surface area contributed by atoms with Crippen molar-refractivity contribution in [1.29, 1.82) is 0 Å². The molecule has 8 nitrogen and oxygen atoms in total. The molecule has 0 bridgehead atoms. The summed E-state index contributed by atoms with van der Waals surface area (Å²) in [5.41, 5.74) is 2.83. The Morgan fingerprint density at radius 2 is 1.03 bits per heavy atom. The van der Waals surface area contributed by atoms with Crippen molar-refractivity contribution in [3.05, 3.63) is 154 Å². The van der Waals surface area contributed by atoms with Crippen LogP contribution in [0.5, 0.6) is 0 Å². The molecule has 8 rings (SSSR count). The van der Waals surface area contributed by atoms with Gasteiger partial charge in [-0.3, -0.25) is 9.59 Å². The molecule has 0 unspecified atom stereocenters. The van der Waals surface area contributed by atoms with Crippen LogP contribution >= 0.6 is 0 Å². The van der Waals surface area contributed by atoms with E-state index >= 15 is 0 Å². The molecule has 2 fully saturated rings. The van der Waals surface area contributed by atoms with Gasteiger partial charge in [-0.15, -0.1) is 0 Å². The highest BCUT2D eigenvalue weighted by Crippen LogP contribution is 2.43. The second-order valence-electron chi connectivity index (χ2n) is 16.5. The minimum Gasteiger partial charge on any atom is -0.339 e. The third kappa shape index (κ3) is 9.85. The van der Waals surface area contributed by atoms with Gasteiger partial charge in [0.15, 0.2) is 0 Å². The largest absolute Gasteiger partial charge is 0.416 e. The summed E-state index contributed by atoms with van der Waals surface area (Å²) >= 11 is 0. The van der Waals surface area contributed by atoms with Crippen molar-refractivity contribution < 1.29 is 44.3 Å². The summed E-state index contributed by atoms with van der Waals surface area (Å²) in [6.07, 6.45) is 0.0235. The Morgan fingerprint density at radius 3 is 1.52 bits per heavy atom. The van der Waals surface area contributed by atoms with Crippen molar-refractivity contribution in [2.24, 2.45) is 0 Å². The number of rotatable bonds is 5. The maximum atomic E-state index is 13.2. The highest BCUT2D eigenvalue weighted by molar-refractivity contribution is 7.88. The topological polar surface area (TPSA) is 90.0 Å². The van der Waals surface area contributed by atoms with Crippen molar-refractivity contribution >= 4 is 34.0 Å². The van der Waals surface area contributed by atoms with E-state index in [-0.39, 0.29) is 33.8 Å². The summed E-state index contributed by atoms with van der Waals surface area (Å²) in [4.78, 5) is 28.7. The molecule has 15 heteroatoms. The van der Waals surface area contributed by atoms with Gasteiger partial charge in [0.1, 0.15) is 0 Å². The molecule has 2 saturated heterocycles. The van der Waals surface area contributed by atoms with Gasteiger partial charge in [0.2, 0.25) is 21.8 Å². The number of hydrogen-bond acceptors (Lipinski definition) is 5. The fourth-order valence-electron chi connectivity index (χ4n) is 9.32. The second-order valence-corrected chi connectivity index (χ2v) is 18.5. The summed E-state index contributed by atoms with van der Waals surface area (Å²) in [5, 5.41) is 3.49. The first-order valence-corrected chi connectivity index (χ1v) is 22.3. The fraction of sp³-hybridized carbons (Fsp3) is 0.362. The van der Waals surface area contributed by atoms with E-state index in [0.717, 1.165) is 49.2 Å². The molecule has 0 atom stereocenters. The number of nitrogens with one attached hydrogen (secondary N) is 1. The summed E-state index contributed by atoms with van der Waals surface area (Å²) in [6.45, 7) is 4.44. The number of nitrogens with zero attached hydrogens (tertiary/aromatic N) is 3. The van der Waals surface area contributed by atoms with Gasteiger partial charge in [0.05, 0.1) is 17.4 Å². The summed E-state index contributed by atoms with van der Waals surface area (Å²) < 4.78 is 105. The van der Waals surface area contributed by atoms with Crippen LogP contribution in [-0.2, 0) is 55.9 Å². The Hall–Kier alpha value is -5.25. The van der Waals surface area contributed by atoms with Gasteiger partial charge >= 0.3 is 12.4 Å². The fourth-order valence-corrected chi connectivity index (χ4v) is 10.2. The molecule has 62 heavy (non-hydrogen) atoms. The average molecular weight is 879 g/mol. The van der Waals surface area contributed by atoms with E-state index in [1.54, 1.807) is 9.80 Å². The van der Waals surface area contributed by atoms with E-state index in [1.165, 1.54) is 82.4 Å². The first-order valence-electron chi connectivity index (χ1n) is 20.5. The zero-order valence-corrected chi connectivity index (χ0v) is 35.0. The number of piperidine rings is 2. The van der Waals surface area contributed by atoms with Gasteiger partial charge < -0.3 is 15.1 Å². The summed E-state index contributed by atoms with van der Waals surface area (Å²) in [5.74, 6) is -0.597. The second kappa shape index (κ2) is 17.9. The van der Waals surface area contributed by atoms with Crippen LogP contribution in [-0.4, -0.2) is 79.9 Å². The van der Waals surface area contributed by atoms with Crippen LogP contribution < -0.4 is 5.32 Å². The molecule has 1 N–H and O–H groups in total. The van der Waals surface area contributed by atoms with E-state index < -0.39 is 33.5 Å². The molecule has 0 saturated carbocycles. The number of sulfonamides is 1. The molecule has 0 radical (unpaired) electrons. The maximum Gasteiger partial charge on any atom is 0.416 e. The lowest BCUT2D eigenvalue weighted by molar-refractivity contribution is -0.138. The number of carbonyl (C=O) groups excluding carboxylic acids is 2. The smallest absolute Gasteiger partial charge is 0.339 e. The standard InChI is InChI=1S/C24H25F3N2O3S.C23H23F3N2O/c1-33(31,32)29-16-19-7-3-4-8-20(19)23(17-29)12-14-28(15-13-23)22(30)11-10-18-6-2-5-9-21(18)24(25,26)27;24-23(25,26)20-8-4-1-5-17(20)9-10-21(29)28-13-11-22(12-14-28)16-27-15-18-6-2-3-7-19(18)22/h2-11H,12-17H2,1H3;1-10,27H,11-16H2/b11-10+;10-9+. The Bertz CT molecular complexity index is 2450. The minimum absolute atomic E-state index is 0.00670. The zero-order chi connectivity index (χ0) is 44.3. The van der Waals surface area contributed by atoms with Crippen molar-refractivity contribution in [3.8, 4) is 0 Å². The van der Waals surface area contributed by atoms with Crippen LogP contribution in [0.4, 0.5) is 26.3 Å². The highest BCUT2D eigenvalue weighted by atomic mass is 32.2. The van der Waals surface area contributed by atoms with Crippen LogP contribution in [0.25, 0.3) is 12.2 Å². The molecule has 4 heterocycles. The Labute approximate surface area is 358 Å². The van der Waals surface area contributed by atoms with E-state index in [4.69, 9.17) is 0 Å². The van der Waals surface area contributed by atoms with E-state index in [1.807, 2.05) is 30.3 Å². The van der Waals surface area contributed by atoms with Crippen molar-refractivity contribution in [2.45, 2.75) is 62.0 Å². The molecule has 4 aliphatic rings. The van der Waals surface area contributed by atoms with Crippen LogP contribution in [0.1, 0.15) is 70.2 Å². The summed E-state index contributed by atoms with van der Waals surface area (Å²) in [7, 11) is -3.38. The third-order valence-electron chi connectivity index (χ3n) is 12.7. The number of amides is 2.